The Morgan fingerprint density at radius 2 is 1.88 bits per heavy atom. The van der Waals surface area contributed by atoms with E-state index in [0.717, 1.165) is 12.8 Å². The fraction of sp³-hybridized carbons (Fsp3) is 0.400. The van der Waals surface area contributed by atoms with Gasteiger partial charge in [-0.25, -0.2) is 0 Å². The van der Waals surface area contributed by atoms with Gasteiger partial charge in [-0.15, -0.1) is 11.3 Å². The van der Waals surface area contributed by atoms with Crippen LogP contribution in [0.3, 0.4) is 0 Å². The summed E-state index contributed by atoms with van der Waals surface area (Å²) < 4.78 is 5.17. The first-order valence-corrected chi connectivity index (χ1v) is 9.47. The Morgan fingerprint density at radius 1 is 1.16 bits per heavy atom. The maximum Gasteiger partial charge on any atom is 0.310 e. The standard InChI is InChI=1S/C20H23NO3S/c1-12(2)24-20(23)13(3)11-21-19(22)17-10-15-9-8-14-6-4-5-7-16(14)18(15)25-17/h4-7,10,12-13H,8-9,11H2,1-3H3,(H,21,22)/t13-/m1/s1. The van der Waals surface area contributed by atoms with Crippen LogP contribution >= 0.6 is 11.3 Å². The van der Waals surface area contributed by atoms with Gasteiger partial charge >= 0.3 is 5.97 Å². The summed E-state index contributed by atoms with van der Waals surface area (Å²) in [6, 6.07) is 10.4. The minimum Gasteiger partial charge on any atom is -0.463 e. The first kappa shape index (κ1) is 17.7. The minimum atomic E-state index is -0.360. The van der Waals surface area contributed by atoms with Gasteiger partial charge in [0, 0.05) is 11.4 Å². The van der Waals surface area contributed by atoms with Gasteiger partial charge in [0.05, 0.1) is 16.9 Å². The summed E-state index contributed by atoms with van der Waals surface area (Å²) >= 11 is 1.53. The topological polar surface area (TPSA) is 55.4 Å². The maximum atomic E-state index is 12.5. The van der Waals surface area contributed by atoms with Crippen LogP contribution in [0.15, 0.2) is 30.3 Å². The zero-order valence-corrected chi connectivity index (χ0v) is 15.6. The quantitative estimate of drug-likeness (QED) is 0.828. The third kappa shape index (κ3) is 3.93. The number of amides is 1. The number of carbonyl (C=O) groups excluding carboxylic acids is 2. The Hall–Kier alpha value is -2.14. The van der Waals surface area contributed by atoms with Crippen molar-refractivity contribution >= 4 is 23.2 Å². The molecule has 132 valence electrons. The lowest BCUT2D eigenvalue weighted by molar-refractivity contribution is -0.151. The number of benzene rings is 1. The molecule has 1 amide bonds. The van der Waals surface area contributed by atoms with E-state index in [1.54, 1.807) is 6.92 Å². The second-order valence-electron chi connectivity index (χ2n) is 6.72. The van der Waals surface area contributed by atoms with E-state index < -0.39 is 0 Å². The zero-order valence-electron chi connectivity index (χ0n) is 14.8. The lowest BCUT2D eigenvalue weighted by Gasteiger charge is -2.15. The molecule has 1 aliphatic carbocycles. The number of rotatable bonds is 5. The number of fused-ring (bicyclic) bond motifs is 3. The molecule has 0 spiro atoms. The Labute approximate surface area is 152 Å². The molecule has 3 rings (SSSR count). The molecule has 0 bridgehead atoms. The largest absolute Gasteiger partial charge is 0.463 e. The Bertz CT molecular complexity index is 794. The van der Waals surface area contributed by atoms with Crippen molar-refractivity contribution < 1.29 is 14.3 Å². The second-order valence-corrected chi connectivity index (χ2v) is 7.77. The average molecular weight is 357 g/mol. The van der Waals surface area contributed by atoms with Crippen molar-refractivity contribution in [3.63, 3.8) is 0 Å². The third-order valence-electron chi connectivity index (χ3n) is 4.28. The molecule has 2 aromatic rings. The molecule has 1 atom stereocenters. The monoisotopic (exact) mass is 357 g/mol. The van der Waals surface area contributed by atoms with Crippen molar-refractivity contribution in [1.82, 2.24) is 5.32 Å². The predicted octanol–water partition coefficient (Wildman–Crippen LogP) is 3.83. The normalized spacial score (nSPS) is 13.8. The number of hydrogen-bond acceptors (Lipinski definition) is 4. The van der Waals surface area contributed by atoms with E-state index in [1.165, 1.54) is 32.9 Å². The van der Waals surface area contributed by atoms with E-state index in [0.29, 0.717) is 4.88 Å². The molecule has 25 heavy (non-hydrogen) atoms. The molecule has 0 saturated carbocycles. The molecule has 4 nitrogen and oxygen atoms in total. The smallest absolute Gasteiger partial charge is 0.310 e. The molecular weight excluding hydrogens is 334 g/mol. The van der Waals surface area contributed by atoms with Crippen molar-refractivity contribution in [2.75, 3.05) is 6.54 Å². The first-order valence-electron chi connectivity index (χ1n) is 8.65. The molecule has 0 fully saturated rings. The van der Waals surface area contributed by atoms with E-state index in [4.69, 9.17) is 4.74 Å². The SMILES string of the molecule is CC(C)OC(=O)[C@H](C)CNC(=O)c1cc2c(s1)-c1ccccc1CC2. The molecule has 1 heterocycles. The second kappa shape index (κ2) is 7.40. The molecule has 1 aliphatic rings. The molecule has 0 unspecified atom stereocenters. The van der Waals surface area contributed by atoms with Crippen LogP contribution in [0.25, 0.3) is 10.4 Å². The fourth-order valence-electron chi connectivity index (χ4n) is 2.95. The van der Waals surface area contributed by atoms with Gasteiger partial charge in [0.2, 0.25) is 0 Å². The summed E-state index contributed by atoms with van der Waals surface area (Å²) in [6.45, 7) is 5.68. The van der Waals surface area contributed by atoms with E-state index >= 15 is 0 Å². The van der Waals surface area contributed by atoms with Gasteiger partial charge in [-0.2, -0.15) is 0 Å². The van der Waals surface area contributed by atoms with Crippen LogP contribution in [0.1, 0.15) is 41.6 Å². The number of carbonyl (C=O) groups is 2. The summed E-state index contributed by atoms with van der Waals surface area (Å²) in [5.41, 5.74) is 3.82. The van der Waals surface area contributed by atoms with Gasteiger partial charge in [-0.1, -0.05) is 31.2 Å². The number of aryl methyl sites for hydroxylation is 2. The molecule has 1 aromatic heterocycles. The summed E-state index contributed by atoms with van der Waals surface area (Å²) in [4.78, 5) is 26.2. The molecule has 0 radical (unpaired) electrons. The van der Waals surface area contributed by atoms with Crippen molar-refractivity contribution in [3.8, 4) is 10.4 Å². The fourth-order valence-corrected chi connectivity index (χ4v) is 4.14. The van der Waals surface area contributed by atoms with Gasteiger partial charge in [-0.05, 0) is 49.4 Å². The van der Waals surface area contributed by atoms with Gasteiger partial charge in [0.15, 0.2) is 0 Å². The summed E-state index contributed by atoms with van der Waals surface area (Å²) in [5, 5.41) is 2.86. The van der Waals surface area contributed by atoms with E-state index in [2.05, 4.69) is 23.5 Å². The molecule has 0 aliphatic heterocycles. The summed E-state index contributed by atoms with van der Waals surface area (Å²) in [7, 11) is 0. The van der Waals surface area contributed by atoms with Gasteiger partial charge < -0.3 is 10.1 Å². The van der Waals surface area contributed by atoms with Crippen LogP contribution in [0.2, 0.25) is 0 Å². The number of ether oxygens (including phenoxy) is 1. The molecular formula is C20H23NO3S. The van der Waals surface area contributed by atoms with E-state index in [1.807, 2.05) is 26.0 Å². The van der Waals surface area contributed by atoms with Crippen LogP contribution < -0.4 is 5.32 Å². The highest BCUT2D eigenvalue weighted by Crippen LogP contribution is 2.39. The molecule has 1 aromatic carbocycles. The van der Waals surface area contributed by atoms with E-state index in [-0.39, 0.29) is 30.4 Å². The number of esters is 1. The summed E-state index contributed by atoms with van der Waals surface area (Å²) in [5.74, 6) is -0.766. The number of hydrogen-bond donors (Lipinski definition) is 1. The van der Waals surface area contributed by atoms with Crippen molar-refractivity contribution in [2.24, 2.45) is 5.92 Å². The highest BCUT2D eigenvalue weighted by Gasteiger charge is 2.22. The Morgan fingerprint density at radius 3 is 2.64 bits per heavy atom. The van der Waals surface area contributed by atoms with Crippen LogP contribution in [0, 0.1) is 5.92 Å². The number of thiophene rings is 1. The summed E-state index contributed by atoms with van der Waals surface area (Å²) in [6.07, 6.45) is 1.83. The average Bonchev–Trinajstić information content (AvgIpc) is 3.03. The van der Waals surface area contributed by atoms with Crippen LogP contribution in [0.5, 0.6) is 0 Å². The Kier molecular flexibility index (Phi) is 5.23. The van der Waals surface area contributed by atoms with Crippen LogP contribution in [-0.2, 0) is 22.4 Å². The highest BCUT2D eigenvalue weighted by molar-refractivity contribution is 7.17. The Balaban J connectivity index is 1.67. The minimum absolute atomic E-state index is 0.124. The van der Waals surface area contributed by atoms with E-state index in [9.17, 15) is 9.59 Å². The lowest BCUT2D eigenvalue weighted by Crippen LogP contribution is -2.32. The van der Waals surface area contributed by atoms with Crippen molar-refractivity contribution in [3.05, 3.63) is 46.3 Å². The molecule has 5 heteroatoms. The maximum absolute atomic E-state index is 12.5. The third-order valence-corrected chi connectivity index (χ3v) is 5.49. The van der Waals surface area contributed by atoms with Crippen LogP contribution in [0.4, 0.5) is 0 Å². The lowest BCUT2D eigenvalue weighted by atomic mass is 9.91. The van der Waals surface area contributed by atoms with Crippen LogP contribution in [-0.4, -0.2) is 24.5 Å². The molecule has 0 saturated heterocycles. The molecule has 1 N–H and O–H groups in total. The van der Waals surface area contributed by atoms with Crippen molar-refractivity contribution in [1.29, 1.82) is 0 Å². The first-order chi connectivity index (χ1) is 12.0. The van der Waals surface area contributed by atoms with Gasteiger partial charge in [-0.3, -0.25) is 9.59 Å². The van der Waals surface area contributed by atoms with Crippen molar-refractivity contribution in [2.45, 2.75) is 39.7 Å². The van der Waals surface area contributed by atoms with Gasteiger partial charge in [0.25, 0.3) is 5.91 Å². The number of nitrogens with one attached hydrogen (secondary N) is 1. The predicted molar refractivity (Wildman–Crippen MR) is 99.9 cm³/mol. The van der Waals surface area contributed by atoms with Gasteiger partial charge in [0.1, 0.15) is 0 Å². The highest BCUT2D eigenvalue weighted by atomic mass is 32.1. The zero-order chi connectivity index (χ0) is 18.0.